The Hall–Kier alpha value is -2.59. The van der Waals surface area contributed by atoms with E-state index in [1.165, 1.54) is 32.1 Å². The van der Waals surface area contributed by atoms with Gasteiger partial charge in [-0.25, -0.2) is 0 Å². The zero-order chi connectivity index (χ0) is 22.1. The molecule has 8 heteroatoms. The second kappa shape index (κ2) is 9.72. The van der Waals surface area contributed by atoms with Gasteiger partial charge in [0.25, 0.3) is 0 Å². The van der Waals surface area contributed by atoms with E-state index in [-0.39, 0.29) is 29.8 Å². The molecule has 2 heterocycles. The van der Waals surface area contributed by atoms with Gasteiger partial charge in [-0.1, -0.05) is 36.9 Å². The fourth-order valence-electron chi connectivity index (χ4n) is 5.17. The van der Waals surface area contributed by atoms with Crippen molar-refractivity contribution in [3.8, 4) is 17.2 Å². The lowest BCUT2D eigenvalue weighted by molar-refractivity contribution is -0.121. The Labute approximate surface area is 204 Å². The number of anilines is 1. The van der Waals surface area contributed by atoms with Gasteiger partial charge in [-0.05, 0) is 61.6 Å². The van der Waals surface area contributed by atoms with Crippen molar-refractivity contribution in [2.75, 3.05) is 11.9 Å². The van der Waals surface area contributed by atoms with Crippen molar-refractivity contribution in [3.05, 3.63) is 47.0 Å². The number of halogens is 2. The number of benzene rings is 2. The summed E-state index contributed by atoms with van der Waals surface area (Å²) in [5, 5.41) is 24.7. The minimum absolute atomic E-state index is 0. The summed E-state index contributed by atoms with van der Waals surface area (Å²) in [5.41, 5.74) is 3.28. The van der Waals surface area contributed by atoms with Crippen LogP contribution in [0.4, 0.5) is 5.82 Å². The molecule has 1 aliphatic carbocycles. The zero-order valence-electron chi connectivity index (χ0n) is 18.3. The van der Waals surface area contributed by atoms with E-state index in [0.29, 0.717) is 16.4 Å². The Morgan fingerprint density at radius 2 is 1.97 bits per heavy atom. The van der Waals surface area contributed by atoms with Gasteiger partial charge in [0, 0.05) is 28.1 Å². The van der Waals surface area contributed by atoms with Crippen LogP contribution in [-0.2, 0) is 4.79 Å². The maximum absolute atomic E-state index is 13.0. The molecule has 0 radical (unpaired) electrons. The molecular formula is C25H27Cl2N5O. The third kappa shape index (κ3) is 4.72. The molecule has 1 spiro atoms. The molecule has 1 aromatic heterocycles. The van der Waals surface area contributed by atoms with Crippen molar-refractivity contribution in [2.45, 2.75) is 50.5 Å². The van der Waals surface area contributed by atoms with Gasteiger partial charge in [-0.15, -0.1) is 12.4 Å². The highest BCUT2D eigenvalue weighted by Crippen LogP contribution is 2.37. The number of hydrogen-bond acceptors (Lipinski definition) is 4. The lowest BCUT2D eigenvalue weighted by Crippen LogP contribution is -2.54. The third-order valence-corrected chi connectivity index (χ3v) is 7.42. The van der Waals surface area contributed by atoms with Crippen molar-refractivity contribution < 1.29 is 4.79 Å². The molecule has 1 unspecified atom stereocenters. The number of amides is 1. The summed E-state index contributed by atoms with van der Waals surface area (Å²) < 4.78 is 0. The first-order chi connectivity index (χ1) is 15.6. The molecule has 2 aliphatic rings. The van der Waals surface area contributed by atoms with Crippen molar-refractivity contribution in [1.82, 2.24) is 15.5 Å². The molecule has 5 rings (SSSR count). The largest absolute Gasteiger partial charge is 0.310 e. The van der Waals surface area contributed by atoms with Crippen LogP contribution in [0.1, 0.15) is 50.5 Å². The topological polar surface area (TPSA) is 93.6 Å². The molecule has 2 fully saturated rings. The first-order valence-electron chi connectivity index (χ1n) is 11.3. The van der Waals surface area contributed by atoms with Crippen LogP contribution in [0.25, 0.3) is 22.0 Å². The molecule has 3 N–H and O–H groups in total. The lowest BCUT2D eigenvalue weighted by atomic mass is 9.74. The molecular weight excluding hydrogens is 457 g/mol. The normalized spacial score (nSPS) is 19.6. The number of fused-ring (bicyclic) bond motifs is 1. The van der Waals surface area contributed by atoms with Crippen molar-refractivity contribution >= 4 is 46.6 Å². The van der Waals surface area contributed by atoms with E-state index in [1.54, 1.807) is 18.2 Å². The van der Waals surface area contributed by atoms with E-state index in [4.69, 9.17) is 11.6 Å². The van der Waals surface area contributed by atoms with E-state index < -0.39 is 0 Å². The Kier molecular flexibility index (Phi) is 6.94. The number of H-pyrrole nitrogens is 1. The lowest BCUT2D eigenvalue weighted by Gasteiger charge is -2.43. The summed E-state index contributed by atoms with van der Waals surface area (Å²) in [7, 11) is 0. The van der Waals surface area contributed by atoms with E-state index in [2.05, 4.69) is 26.9 Å². The molecule has 1 atom stereocenters. The fraction of sp³-hybridized carbons (Fsp3) is 0.400. The summed E-state index contributed by atoms with van der Waals surface area (Å²) in [6, 6.07) is 13.2. The molecule has 1 aliphatic heterocycles. The van der Waals surface area contributed by atoms with Crippen LogP contribution < -0.4 is 10.6 Å². The molecule has 33 heavy (non-hydrogen) atoms. The van der Waals surface area contributed by atoms with Crippen LogP contribution in [0.3, 0.4) is 0 Å². The first-order valence-corrected chi connectivity index (χ1v) is 11.7. The van der Waals surface area contributed by atoms with Gasteiger partial charge in [0.1, 0.15) is 0 Å². The Bertz CT molecular complexity index is 1200. The highest BCUT2D eigenvalue weighted by atomic mass is 35.5. The number of carbonyl (C=O) groups excluding carboxylic acids is 1. The highest BCUT2D eigenvalue weighted by molar-refractivity contribution is 6.33. The number of rotatable bonds is 3. The van der Waals surface area contributed by atoms with E-state index in [0.717, 1.165) is 41.4 Å². The van der Waals surface area contributed by atoms with Gasteiger partial charge in [-0.3, -0.25) is 9.89 Å². The number of nitriles is 1. The molecule has 1 amide bonds. The van der Waals surface area contributed by atoms with Gasteiger partial charge >= 0.3 is 0 Å². The Morgan fingerprint density at radius 3 is 2.70 bits per heavy atom. The number of aromatic nitrogens is 2. The van der Waals surface area contributed by atoms with Gasteiger partial charge in [0.2, 0.25) is 5.91 Å². The summed E-state index contributed by atoms with van der Waals surface area (Å²) in [5.74, 6) is 0.475. The van der Waals surface area contributed by atoms with Gasteiger partial charge < -0.3 is 10.6 Å². The van der Waals surface area contributed by atoms with Gasteiger partial charge in [0.05, 0.1) is 23.1 Å². The Morgan fingerprint density at radius 1 is 1.15 bits per heavy atom. The zero-order valence-corrected chi connectivity index (χ0v) is 19.9. The molecule has 6 nitrogen and oxygen atoms in total. The van der Waals surface area contributed by atoms with Crippen molar-refractivity contribution in [3.63, 3.8) is 0 Å². The van der Waals surface area contributed by atoms with E-state index >= 15 is 0 Å². The van der Waals surface area contributed by atoms with Crippen LogP contribution in [0.15, 0.2) is 36.4 Å². The number of nitrogens with one attached hydrogen (secondary N) is 3. The molecule has 0 bridgehead atoms. The van der Waals surface area contributed by atoms with Gasteiger partial charge in [0.15, 0.2) is 5.82 Å². The first kappa shape index (κ1) is 23.6. The predicted octanol–water partition coefficient (Wildman–Crippen LogP) is 5.82. The average molecular weight is 484 g/mol. The molecule has 1 saturated heterocycles. The van der Waals surface area contributed by atoms with E-state index in [9.17, 15) is 10.1 Å². The number of hydrogen-bond donors (Lipinski definition) is 3. The average Bonchev–Trinajstić information content (AvgIpc) is 3.22. The minimum atomic E-state index is -0.0563. The van der Waals surface area contributed by atoms with Crippen LogP contribution in [0.2, 0.25) is 5.02 Å². The summed E-state index contributed by atoms with van der Waals surface area (Å²) in [6.45, 7) is 0.718. The number of nitrogens with zero attached hydrogens (tertiary/aromatic N) is 2. The summed E-state index contributed by atoms with van der Waals surface area (Å²) in [4.78, 5) is 13.0. The van der Waals surface area contributed by atoms with Crippen molar-refractivity contribution in [2.24, 2.45) is 5.92 Å². The quantitative estimate of drug-likeness (QED) is 0.437. The number of piperidine rings is 1. The van der Waals surface area contributed by atoms with E-state index in [1.807, 2.05) is 18.2 Å². The highest BCUT2D eigenvalue weighted by Gasteiger charge is 2.37. The smallest absolute Gasteiger partial charge is 0.229 e. The SMILES string of the molecule is Cl.N#Cc1ccc(Cl)c(-c2ccc3[nH]nc(NC(=O)C4CCC5(CCCCC5)NC4)c3c2)c1. The molecule has 1 saturated carbocycles. The standard InChI is InChI=1S/C25H26ClN5O.ClH/c26-21-6-4-16(14-27)12-19(21)17-5-7-22-20(13-17)23(31-30-22)29-24(32)18-8-11-25(28-15-18)9-2-1-3-10-25;/h4-7,12-13,18,28H,1-3,8-11,15H2,(H2,29,30,31,32);1H. The summed E-state index contributed by atoms with van der Waals surface area (Å²) in [6.07, 6.45) is 8.31. The Balaban J connectivity index is 0.00000259. The second-order valence-corrected chi connectivity index (χ2v) is 9.49. The molecule has 172 valence electrons. The number of carbonyl (C=O) groups is 1. The van der Waals surface area contributed by atoms with Crippen LogP contribution in [0.5, 0.6) is 0 Å². The maximum Gasteiger partial charge on any atom is 0.229 e. The molecule has 3 aromatic rings. The van der Waals surface area contributed by atoms with Gasteiger partial charge in [-0.2, -0.15) is 10.4 Å². The van der Waals surface area contributed by atoms with Crippen LogP contribution >= 0.6 is 24.0 Å². The monoisotopic (exact) mass is 483 g/mol. The van der Waals surface area contributed by atoms with Crippen molar-refractivity contribution in [1.29, 1.82) is 5.26 Å². The minimum Gasteiger partial charge on any atom is -0.310 e. The van der Waals surface area contributed by atoms with Crippen LogP contribution in [-0.4, -0.2) is 28.2 Å². The second-order valence-electron chi connectivity index (χ2n) is 9.09. The fourth-order valence-corrected chi connectivity index (χ4v) is 5.40. The predicted molar refractivity (Wildman–Crippen MR) is 134 cm³/mol. The maximum atomic E-state index is 13.0. The number of aromatic amines is 1. The molecule has 2 aromatic carbocycles. The third-order valence-electron chi connectivity index (χ3n) is 7.09. The van der Waals surface area contributed by atoms with Crippen LogP contribution in [0, 0.1) is 17.2 Å². The summed E-state index contributed by atoms with van der Waals surface area (Å²) >= 11 is 6.39.